The number of ether oxygens (including phenoxy) is 3. The summed E-state index contributed by atoms with van der Waals surface area (Å²) < 4.78 is 16.8. The molecule has 1 atom stereocenters. The molecule has 0 aliphatic rings. The first-order valence-corrected chi connectivity index (χ1v) is 30.2. The van der Waals surface area contributed by atoms with E-state index in [1.54, 1.807) is 0 Å². The molecule has 0 spiro atoms. The molecule has 0 saturated heterocycles. The molecule has 0 aromatic heterocycles. The fourth-order valence-electron chi connectivity index (χ4n) is 8.30. The third-order valence-electron chi connectivity index (χ3n) is 12.8. The minimum Gasteiger partial charge on any atom is -0.462 e. The van der Waals surface area contributed by atoms with Gasteiger partial charge in [-0.2, -0.15) is 0 Å². The summed E-state index contributed by atoms with van der Waals surface area (Å²) in [6.07, 6.45) is 79.8. The van der Waals surface area contributed by atoms with E-state index in [4.69, 9.17) is 14.2 Å². The molecule has 0 radical (unpaired) electrons. The highest BCUT2D eigenvalue weighted by Crippen LogP contribution is 2.15. The van der Waals surface area contributed by atoms with Gasteiger partial charge >= 0.3 is 17.9 Å². The number of allylic oxidation sites excluding steroid dienone is 16. The molecular formula is C66H112O6. The molecule has 6 nitrogen and oxygen atoms in total. The van der Waals surface area contributed by atoms with Gasteiger partial charge in [0, 0.05) is 19.3 Å². The molecule has 0 heterocycles. The average molecular weight is 1000 g/mol. The summed E-state index contributed by atoms with van der Waals surface area (Å²) in [6, 6.07) is 0. The molecule has 0 N–H and O–H groups in total. The maximum absolute atomic E-state index is 12.8. The fraction of sp³-hybridized carbons (Fsp3) is 0.712. The van der Waals surface area contributed by atoms with Crippen molar-refractivity contribution >= 4 is 17.9 Å². The molecule has 0 rings (SSSR count). The zero-order valence-corrected chi connectivity index (χ0v) is 47.2. The van der Waals surface area contributed by atoms with E-state index >= 15 is 0 Å². The molecule has 0 fully saturated rings. The van der Waals surface area contributed by atoms with Crippen LogP contribution in [0.15, 0.2) is 97.2 Å². The molecule has 72 heavy (non-hydrogen) atoms. The van der Waals surface area contributed by atoms with E-state index in [-0.39, 0.29) is 31.1 Å². The van der Waals surface area contributed by atoms with Crippen molar-refractivity contribution in [2.45, 2.75) is 290 Å². The minimum absolute atomic E-state index is 0.0819. The Morgan fingerprint density at radius 2 is 0.542 bits per heavy atom. The summed E-state index contributed by atoms with van der Waals surface area (Å²) in [7, 11) is 0. The Morgan fingerprint density at radius 3 is 0.861 bits per heavy atom. The molecule has 0 bridgehead atoms. The van der Waals surface area contributed by atoms with Crippen LogP contribution in [0.3, 0.4) is 0 Å². The topological polar surface area (TPSA) is 78.9 Å². The summed E-state index contributed by atoms with van der Waals surface area (Å²) in [5, 5.41) is 0. The Hall–Kier alpha value is -3.67. The second-order valence-corrected chi connectivity index (χ2v) is 19.9. The molecule has 1 unspecified atom stereocenters. The van der Waals surface area contributed by atoms with Gasteiger partial charge in [0.2, 0.25) is 0 Å². The molecule has 0 aromatic rings. The van der Waals surface area contributed by atoms with Crippen LogP contribution >= 0.6 is 0 Å². The third-order valence-corrected chi connectivity index (χ3v) is 12.8. The van der Waals surface area contributed by atoms with Gasteiger partial charge in [-0.15, -0.1) is 0 Å². The second kappa shape index (κ2) is 59.9. The van der Waals surface area contributed by atoms with Crippen LogP contribution in [0.25, 0.3) is 0 Å². The Labute approximate surface area is 445 Å². The van der Waals surface area contributed by atoms with E-state index in [0.717, 1.165) is 122 Å². The normalized spacial score (nSPS) is 12.8. The lowest BCUT2D eigenvalue weighted by molar-refractivity contribution is -0.167. The maximum atomic E-state index is 12.8. The van der Waals surface area contributed by atoms with Crippen molar-refractivity contribution in [3.63, 3.8) is 0 Å². The van der Waals surface area contributed by atoms with Gasteiger partial charge < -0.3 is 14.2 Å². The molecule has 0 aliphatic heterocycles. The quantitative estimate of drug-likeness (QED) is 0.0261. The molecule has 0 aromatic carbocycles. The first-order valence-electron chi connectivity index (χ1n) is 30.2. The summed E-state index contributed by atoms with van der Waals surface area (Å²) in [5.41, 5.74) is 0. The van der Waals surface area contributed by atoms with E-state index in [1.807, 2.05) is 0 Å². The number of carbonyl (C=O) groups is 3. The lowest BCUT2D eigenvalue weighted by Crippen LogP contribution is -2.30. The van der Waals surface area contributed by atoms with Crippen molar-refractivity contribution in [2.75, 3.05) is 13.2 Å². The van der Waals surface area contributed by atoms with Crippen LogP contribution < -0.4 is 0 Å². The van der Waals surface area contributed by atoms with Gasteiger partial charge in [0.25, 0.3) is 0 Å². The second-order valence-electron chi connectivity index (χ2n) is 19.9. The number of hydrogen-bond acceptors (Lipinski definition) is 6. The van der Waals surface area contributed by atoms with Crippen LogP contribution in [0, 0.1) is 0 Å². The van der Waals surface area contributed by atoms with E-state index in [9.17, 15) is 14.4 Å². The van der Waals surface area contributed by atoms with Crippen LogP contribution in [0.1, 0.15) is 284 Å². The van der Waals surface area contributed by atoms with E-state index in [2.05, 4.69) is 118 Å². The minimum atomic E-state index is -0.785. The molecular weight excluding hydrogens is 889 g/mol. The van der Waals surface area contributed by atoms with Gasteiger partial charge in [0.15, 0.2) is 6.10 Å². The summed E-state index contributed by atoms with van der Waals surface area (Å²) in [5.74, 6) is -0.898. The number of rotatable bonds is 54. The van der Waals surface area contributed by atoms with Crippen molar-refractivity contribution < 1.29 is 28.6 Å². The van der Waals surface area contributed by atoms with Gasteiger partial charge in [-0.25, -0.2) is 0 Å². The third kappa shape index (κ3) is 57.2. The SMILES string of the molecule is CC/C=C\C/C=C\C/C=C\C/C=C\C/C=C\C/C=C\C/C=C\CCCCCCCCCC(=O)OCC(COC(=O)CCCCCCCCCCCCC)OC(=O)CCCCCCC/C=C\CCCCCCC. The van der Waals surface area contributed by atoms with Crippen molar-refractivity contribution in [1.29, 1.82) is 0 Å². The standard InChI is InChI=1S/C66H112O6/c1-4-7-10-13-16-19-22-24-26-27-28-29-30-31-32-33-34-35-36-37-38-39-40-42-44-47-50-53-56-59-65(68)71-62-63(61-70-64(67)58-55-52-49-46-43-21-18-15-12-9-6-3)72-66(69)60-57-54-51-48-45-41-25-23-20-17-14-11-8-5-2/h7,10,16,19,23-26,28-29,31-32,34-35,37-38,63H,4-6,8-9,11-15,17-18,20-22,27,30,33,36,39-62H2,1-3H3/b10-7-,19-16-,25-23-,26-24-,29-28-,32-31-,35-34-,38-37-. The van der Waals surface area contributed by atoms with E-state index in [0.29, 0.717) is 19.3 Å². The van der Waals surface area contributed by atoms with Crippen LogP contribution in [0.4, 0.5) is 0 Å². The van der Waals surface area contributed by atoms with Gasteiger partial charge in [0.1, 0.15) is 13.2 Å². The van der Waals surface area contributed by atoms with Crippen LogP contribution in [0.2, 0.25) is 0 Å². The molecule has 6 heteroatoms. The summed E-state index contributed by atoms with van der Waals surface area (Å²) in [4.78, 5) is 38.1. The smallest absolute Gasteiger partial charge is 0.306 e. The van der Waals surface area contributed by atoms with Crippen molar-refractivity contribution in [3.8, 4) is 0 Å². The number of carbonyl (C=O) groups excluding carboxylic acids is 3. The van der Waals surface area contributed by atoms with Crippen molar-refractivity contribution in [3.05, 3.63) is 97.2 Å². The molecule has 412 valence electrons. The maximum Gasteiger partial charge on any atom is 0.306 e. The predicted octanol–water partition coefficient (Wildman–Crippen LogP) is 20.5. The average Bonchev–Trinajstić information content (AvgIpc) is 3.38. The molecule has 0 aliphatic carbocycles. The number of esters is 3. The van der Waals surface area contributed by atoms with Crippen molar-refractivity contribution in [1.82, 2.24) is 0 Å². The zero-order chi connectivity index (χ0) is 52.2. The number of unbranched alkanes of at least 4 members (excludes halogenated alkanes) is 27. The molecule has 0 amide bonds. The van der Waals surface area contributed by atoms with Crippen LogP contribution in [-0.4, -0.2) is 37.2 Å². The van der Waals surface area contributed by atoms with Gasteiger partial charge in [-0.3, -0.25) is 14.4 Å². The predicted molar refractivity (Wildman–Crippen MR) is 311 cm³/mol. The first kappa shape index (κ1) is 68.3. The van der Waals surface area contributed by atoms with Gasteiger partial charge in [-0.05, 0) is 103 Å². The Bertz CT molecular complexity index is 1430. The van der Waals surface area contributed by atoms with Gasteiger partial charge in [-0.1, -0.05) is 259 Å². The number of hydrogen-bond donors (Lipinski definition) is 0. The van der Waals surface area contributed by atoms with Gasteiger partial charge in [0.05, 0.1) is 0 Å². The Morgan fingerprint density at radius 1 is 0.292 bits per heavy atom. The highest BCUT2D eigenvalue weighted by Gasteiger charge is 2.19. The van der Waals surface area contributed by atoms with E-state index in [1.165, 1.54) is 122 Å². The zero-order valence-electron chi connectivity index (χ0n) is 47.2. The molecule has 0 saturated carbocycles. The first-order chi connectivity index (χ1) is 35.5. The van der Waals surface area contributed by atoms with Crippen molar-refractivity contribution in [2.24, 2.45) is 0 Å². The largest absolute Gasteiger partial charge is 0.462 e. The summed E-state index contributed by atoms with van der Waals surface area (Å²) in [6.45, 7) is 6.50. The Kier molecular flexibility index (Phi) is 56.8. The van der Waals surface area contributed by atoms with E-state index < -0.39 is 6.10 Å². The monoisotopic (exact) mass is 1000 g/mol. The van der Waals surface area contributed by atoms with Crippen LogP contribution in [-0.2, 0) is 28.6 Å². The fourth-order valence-corrected chi connectivity index (χ4v) is 8.30. The lowest BCUT2D eigenvalue weighted by atomic mass is 10.1. The summed E-state index contributed by atoms with van der Waals surface area (Å²) >= 11 is 0. The highest BCUT2D eigenvalue weighted by molar-refractivity contribution is 5.71. The highest BCUT2D eigenvalue weighted by atomic mass is 16.6. The van der Waals surface area contributed by atoms with Crippen LogP contribution in [0.5, 0.6) is 0 Å². The lowest BCUT2D eigenvalue weighted by Gasteiger charge is -2.18. The Balaban J connectivity index is 4.27.